The Bertz CT molecular complexity index is 3040. The highest BCUT2D eigenvalue weighted by Gasteiger charge is 2.62. The molecule has 14 rings (SSSR count). The first-order valence-corrected chi connectivity index (χ1v) is 20.0. The van der Waals surface area contributed by atoms with Gasteiger partial charge < -0.3 is 4.42 Å². The predicted molar refractivity (Wildman–Crippen MR) is 222 cm³/mol. The Morgan fingerprint density at radius 3 is 1.84 bits per heavy atom. The van der Waals surface area contributed by atoms with E-state index in [-0.39, 0.29) is 5.41 Å². The molecule has 4 heteroatoms. The van der Waals surface area contributed by atoms with Crippen LogP contribution >= 0.6 is 0 Å². The summed E-state index contributed by atoms with van der Waals surface area (Å²) >= 11 is 0. The molecule has 4 saturated carbocycles. The average Bonchev–Trinajstić information content (AvgIpc) is 3.77. The van der Waals surface area contributed by atoms with Crippen LogP contribution in [0, 0.1) is 23.7 Å². The van der Waals surface area contributed by atoms with E-state index in [9.17, 15) is 0 Å². The van der Waals surface area contributed by atoms with Crippen molar-refractivity contribution in [3.05, 3.63) is 151 Å². The highest BCUT2D eigenvalue weighted by atomic mass is 16.3. The summed E-state index contributed by atoms with van der Waals surface area (Å²) in [5.41, 5.74) is 10.6. The zero-order valence-corrected chi connectivity index (χ0v) is 30.4. The van der Waals surface area contributed by atoms with Gasteiger partial charge in [-0.15, -0.1) is 0 Å². The van der Waals surface area contributed by atoms with E-state index in [4.69, 9.17) is 19.4 Å². The van der Waals surface area contributed by atoms with Crippen molar-refractivity contribution in [3.8, 4) is 45.3 Å². The molecule has 1 spiro atoms. The van der Waals surface area contributed by atoms with Crippen molar-refractivity contribution in [3.63, 3.8) is 0 Å². The van der Waals surface area contributed by atoms with Gasteiger partial charge in [0.25, 0.3) is 0 Å². The summed E-state index contributed by atoms with van der Waals surface area (Å²) in [6, 6.07) is 50.4. The lowest BCUT2D eigenvalue weighted by Crippen LogP contribution is -2.55. The predicted octanol–water partition coefficient (Wildman–Crippen LogP) is 12.8. The first-order valence-electron chi connectivity index (χ1n) is 20.0. The number of aromatic nitrogens is 3. The molecule has 2 aromatic heterocycles. The molecule has 0 atom stereocenters. The summed E-state index contributed by atoms with van der Waals surface area (Å²) in [4.78, 5) is 15.5. The second-order valence-electron chi connectivity index (χ2n) is 16.8. The number of furan rings is 1. The van der Waals surface area contributed by atoms with Crippen LogP contribution in [0.1, 0.15) is 43.2 Å². The maximum Gasteiger partial charge on any atom is 0.167 e. The highest BCUT2D eigenvalue weighted by molar-refractivity contribution is 6.09. The van der Waals surface area contributed by atoms with Crippen LogP contribution in [0.5, 0.6) is 0 Å². The van der Waals surface area contributed by atoms with Crippen LogP contribution < -0.4 is 0 Å². The zero-order chi connectivity index (χ0) is 35.8. The summed E-state index contributed by atoms with van der Waals surface area (Å²) in [5.74, 6) is 5.06. The molecule has 0 saturated heterocycles. The largest absolute Gasteiger partial charge is 0.455 e. The molecule has 0 radical (unpaired) electrons. The van der Waals surface area contributed by atoms with E-state index in [1.54, 1.807) is 11.1 Å². The average molecular weight is 708 g/mol. The molecule has 0 aliphatic heterocycles. The Morgan fingerprint density at radius 2 is 1.05 bits per heavy atom. The second kappa shape index (κ2) is 11.0. The van der Waals surface area contributed by atoms with Gasteiger partial charge in [-0.25, -0.2) is 15.0 Å². The molecule has 4 nitrogen and oxygen atoms in total. The van der Waals surface area contributed by atoms with Crippen LogP contribution in [-0.2, 0) is 5.41 Å². The summed E-state index contributed by atoms with van der Waals surface area (Å²) < 4.78 is 6.48. The molecule has 2 heterocycles. The van der Waals surface area contributed by atoms with Gasteiger partial charge in [0, 0.05) is 27.3 Å². The van der Waals surface area contributed by atoms with E-state index in [1.165, 1.54) is 64.8 Å². The topological polar surface area (TPSA) is 51.8 Å². The van der Waals surface area contributed by atoms with Crippen molar-refractivity contribution >= 4 is 43.5 Å². The lowest BCUT2D eigenvalue weighted by atomic mass is 9.42. The molecule has 262 valence electrons. The number of benzene rings is 7. The number of nitrogens with zero attached hydrogens (tertiary/aromatic N) is 3. The SMILES string of the molecule is c1ccc(-c2nc(-c3ccc4c5c(ccc4c3)-c3ccc4ccccc4c3C53C4CC5CC(C4)CC3C5)nc(-c3cccc4c3oc3ccccc34)n2)cc1. The Kier molecular flexibility index (Phi) is 6.03. The normalized spacial score (nSPS) is 23.3. The van der Waals surface area contributed by atoms with Crippen molar-refractivity contribution < 1.29 is 4.42 Å². The first kappa shape index (κ1) is 30.2. The number of hydrogen-bond acceptors (Lipinski definition) is 4. The zero-order valence-electron chi connectivity index (χ0n) is 30.4. The number of hydrogen-bond donors (Lipinski definition) is 0. The molecule has 4 bridgehead atoms. The van der Waals surface area contributed by atoms with Crippen molar-refractivity contribution in [1.29, 1.82) is 0 Å². The Hall–Kier alpha value is -6.13. The molecular weight excluding hydrogens is 671 g/mol. The van der Waals surface area contributed by atoms with Crippen LogP contribution in [0.25, 0.3) is 88.8 Å². The van der Waals surface area contributed by atoms with Crippen molar-refractivity contribution in [2.75, 3.05) is 0 Å². The van der Waals surface area contributed by atoms with Gasteiger partial charge in [0.1, 0.15) is 11.2 Å². The molecular formula is C51H37N3O. The lowest BCUT2D eigenvalue weighted by molar-refractivity contribution is -0.0388. The summed E-state index contributed by atoms with van der Waals surface area (Å²) in [5, 5.41) is 7.61. The third-order valence-electron chi connectivity index (χ3n) is 14.1. The number of fused-ring (bicyclic) bond motifs is 10. The molecule has 0 unspecified atom stereocenters. The number of para-hydroxylation sites is 2. The molecule has 7 aromatic carbocycles. The molecule has 4 fully saturated rings. The first-order chi connectivity index (χ1) is 27.2. The van der Waals surface area contributed by atoms with E-state index in [2.05, 4.69) is 109 Å². The van der Waals surface area contributed by atoms with Crippen molar-refractivity contribution in [2.45, 2.75) is 37.5 Å². The fourth-order valence-electron chi connectivity index (χ4n) is 12.2. The molecule has 9 aromatic rings. The summed E-state index contributed by atoms with van der Waals surface area (Å²) in [6.45, 7) is 0. The number of rotatable bonds is 3. The van der Waals surface area contributed by atoms with Crippen LogP contribution in [0.2, 0.25) is 0 Å². The second-order valence-corrected chi connectivity index (χ2v) is 16.8. The van der Waals surface area contributed by atoms with Gasteiger partial charge in [-0.05, 0) is 118 Å². The quantitative estimate of drug-likeness (QED) is 0.183. The fourth-order valence-corrected chi connectivity index (χ4v) is 12.2. The van der Waals surface area contributed by atoms with E-state index >= 15 is 0 Å². The van der Waals surface area contributed by atoms with Crippen LogP contribution in [0.3, 0.4) is 0 Å². The third-order valence-corrected chi connectivity index (χ3v) is 14.1. The van der Waals surface area contributed by atoms with Gasteiger partial charge in [-0.3, -0.25) is 0 Å². The van der Waals surface area contributed by atoms with Gasteiger partial charge in [-0.1, -0.05) is 121 Å². The van der Waals surface area contributed by atoms with Gasteiger partial charge in [0.05, 0.1) is 5.56 Å². The fraction of sp³-hybridized carbons (Fsp3) is 0.196. The van der Waals surface area contributed by atoms with Gasteiger partial charge in [-0.2, -0.15) is 0 Å². The van der Waals surface area contributed by atoms with Crippen molar-refractivity contribution in [2.24, 2.45) is 23.7 Å². The summed E-state index contributed by atoms with van der Waals surface area (Å²) in [7, 11) is 0. The van der Waals surface area contributed by atoms with Crippen LogP contribution in [-0.4, -0.2) is 15.0 Å². The molecule has 55 heavy (non-hydrogen) atoms. The minimum absolute atomic E-state index is 0.0477. The highest BCUT2D eigenvalue weighted by Crippen LogP contribution is 2.71. The summed E-state index contributed by atoms with van der Waals surface area (Å²) in [6.07, 6.45) is 6.88. The van der Waals surface area contributed by atoms with Crippen molar-refractivity contribution in [1.82, 2.24) is 15.0 Å². The molecule has 5 aliphatic rings. The van der Waals surface area contributed by atoms with Gasteiger partial charge in [0.2, 0.25) is 0 Å². The minimum atomic E-state index is 0.0477. The van der Waals surface area contributed by atoms with E-state index in [0.29, 0.717) is 29.3 Å². The Morgan fingerprint density at radius 1 is 0.436 bits per heavy atom. The maximum atomic E-state index is 6.48. The maximum absolute atomic E-state index is 6.48. The minimum Gasteiger partial charge on any atom is -0.455 e. The van der Waals surface area contributed by atoms with Gasteiger partial charge >= 0.3 is 0 Å². The van der Waals surface area contributed by atoms with Crippen LogP contribution in [0.4, 0.5) is 0 Å². The third kappa shape index (κ3) is 4.09. The monoisotopic (exact) mass is 707 g/mol. The Labute approximate surface area is 318 Å². The Balaban J connectivity index is 1.03. The van der Waals surface area contributed by atoms with E-state index < -0.39 is 0 Å². The van der Waals surface area contributed by atoms with Crippen LogP contribution in [0.15, 0.2) is 144 Å². The van der Waals surface area contributed by atoms with E-state index in [0.717, 1.165) is 50.5 Å². The van der Waals surface area contributed by atoms with Gasteiger partial charge in [0.15, 0.2) is 17.5 Å². The molecule has 0 N–H and O–H groups in total. The smallest absolute Gasteiger partial charge is 0.167 e. The molecule has 5 aliphatic carbocycles. The lowest BCUT2D eigenvalue weighted by Gasteiger charge is -2.61. The van der Waals surface area contributed by atoms with E-state index in [1.807, 2.05) is 30.3 Å². The molecule has 0 amide bonds. The standard InChI is InChI=1S/C51H37N3O/c1-2-10-32(11-3-1)48-52-49(54-50(53-48)43-15-8-14-42-39-13-6-7-16-44(39)55-47(42)43)34-19-20-38-33(28-34)18-22-41-40-21-17-31-9-4-5-12-37(31)45(40)51(46(38)41)35-24-29-23-30(26-35)27-36(51)25-29/h1-22,28-30,35-36H,23-27H2.